The lowest BCUT2D eigenvalue weighted by Gasteiger charge is -2.35. The van der Waals surface area contributed by atoms with Gasteiger partial charge in [-0.15, -0.1) is 11.3 Å². The molecule has 20 heavy (non-hydrogen) atoms. The van der Waals surface area contributed by atoms with Crippen LogP contribution in [0.3, 0.4) is 0 Å². The number of hydrogen-bond donors (Lipinski definition) is 1. The fourth-order valence-corrected chi connectivity index (χ4v) is 5.17. The van der Waals surface area contributed by atoms with Gasteiger partial charge in [0.2, 0.25) is 0 Å². The Kier molecular flexibility index (Phi) is 3.87. The fraction of sp³-hybridized carbons (Fsp3) is 0.545. The van der Waals surface area contributed by atoms with Gasteiger partial charge in [-0.05, 0) is 30.4 Å². The van der Waals surface area contributed by atoms with Gasteiger partial charge in [0, 0.05) is 6.54 Å². The normalized spacial score (nSPS) is 23.6. The monoisotopic (exact) mass is 325 g/mol. The first-order valence-corrected chi connectivity index (χ1v) is 8.13. The minimum atomic E-state index is -3.99. The Morgan fingerprint density at radius 2 is 2.20 bits per heavy atom. The van der Waals surface area contributed by atoms with Crippen molar-refractivity contribution in [2.75, 3.05) is 13.1 Å². The molecule has 1 saturated heterocycles. The first-order chi connectivity index (χ1) is 9.16. The summed E-state index contributed by atoms with van der Waals surface area (Å²) in [4.78, 5) is 10.8. The molecule has 0 saturated carbocycles. The van der Waals surface area contributed by atoms with E-state index in [9.17, 15) is 22.0 Å². The molecule has 0 aliphatic carbocycles. The van der Waals surface area contributed by atoms with Gasteiger partial charge < -0.3 is 5.11 Å². The lowest BCUT2D eigenvalue weighted by atomic mass is 9.94. The summed E-state index contributed by atoms with van der Waals surface area (Å²) in [7, 11) is -3.99. The third-order valence-electron chi connectivity index (χ3n) is 3.25. The molecule has 1 atom stereocenters. The molecule has 1 aliphatic rings. The summed E-state index contributed by atoms with van der Waals surface area (Å²) in [6, 6.07) is 1.60. The van der Waals surface area contributed by atoms with Crippen LogP contribution < -0.4 is 0 Å². The summed E-state index contributed by atoms with van der Waals surface area (Å²) < 4.78 is 52.8. The van der Waals surface area contributed by atoms with Crippen molar-refractivity contribution in [3.05, 3.63) is 17.0 Å². The molecular weight excluding hydrogens is 312 g/mol. The molecule has 1 aromatic rings. The maximum atomic E-state index is 13.8. The predicted molar refractivity (Wildman–Crippen MR) is 68.5 cm³/mol. The maximum absolute atomic E-state index is 13.8. The molecule has 0 spiro atoms. The first kappa shape index (κ1) is 15.3. The van der Waals surface area contributed by atoms with E-state index in [1.54, 1.807) is 18.4 Å². The second kappa shape index (κ2) is 5.05. The van der Waals surface area contributed by atoms with E-state index in [2.05, 4.69) is 0 Å². The Hall–Kier alpha value is -1.06. The lowest BCUT2D eigenvalue weighted by molar-refractivity contribution is -0.163. The highest BCUT2D eigenvalue weighted by Crippen LogP contribution is 2.36. The van der Waals surface area contributed by atoms with Crippen molar-refractivity contribution in [2.24, 2.45) is 5.92 Å². The molecule has 1 fully saturated rings. The zero-order chi connectivity index (χ0) is 15.1. The minimum absolute atomic E-state index is 0.0297. The van der Waals surface area contributed by atoms with E-state index < -0.39 is 40.8 Å². The van der Waals surface area contributed by atoms with E-state index in [4.69, 9.17) is 5.11 Å². The van der Waals surface area contributed by atoms with Gasteiger partial charge in [0.15, 0.2) is 0 Å². The van der Waals surface area contributed by atoms with E-state index in [-0.39, 0.29) is 10.8 Å². The largest absolute Gasteiger partial charge is 0.481 e. The Morgan fingerprint density at radius 3 is 2.65 bits per heavy atom. The van der Waals surface area contributed by atoms with Gasteiger partial charge in [-0.25, -0.2) is 17.2 Å². The SMILES string of the molecule is Cc1ccsc1S(=O)(=O)N1CCC(C(=O)O)C(F)(F)C1. The van der Waals surface area contributed by atoms with Crippen molar-refractivity contribution < 1.29 is 27.1 Å². The van der Waals surface area contributed by atoms with E-state index >= 15 is 0 Å². The standard InChI is InChI=1S/C11H13F2NO4S2/c1-7-3-5-19-10(7)20(17,18)14-4-2-8(9(15)16)11(12,13)6-14/h3,5,8H,2,4,6H2,1H3,(H,15,16). The Morgan fingerprint density at radius 1 is 1.55 bits per heavy atom. The molecule has 0 amide bonds. The molecule has 2 heterocycles. The lowest BCUT2D eigenvalue weighted by Crippen LogP contribution is -2.52. The third kappa shape index (κ3) is 2.57. The fourth-order valence-electron chi connectivity index (χ4n) is 2.16. The molecule has 9 heteroatoms. The number of carbonyl (C=O) groups is 1. The van der Waals surface area contributed by atoms with Crippen molar-refractivity contribution in [1.82, 2.24) is 4.31 Å². The van der Waals surface area contributed by atoms with Gasteiger partial charge in [0.1, 0.15) is 10.1 Å². The molecule has 0 radical (unpaired) electrons. The second-order valence-corrected chi connectivity index (χ2v) is 7.72. The van der Waals surface area contributed by atoms with Crippen LogP contribution in [0.4, 0.5) is 8.78 Å². The smallest absolute Gasteiger partial charge is 0.312 e. The van der Waals surface area contributed by atoms with Crippen LogP contribution >= 0.6 is 11.3 Å². The molecule has 1 aliphatic heterocycles. The third-order valence-corrected chi connectivity index (χ3v) is 6.76. The molecule has 0 bridgehead atoms. The van der Waals surface area contributed by atoms with Crippen LogP contribution in [0.5, 0.6) is 0 Å². The van der Waals surface area contributed by atoms with Gasteiger partial charge in [-0.3, -0.25) is 4.79 Å². The summed E-state index contributed by atoms with van der Waals surface area (Å²) in [5.74, 6) is -7.00. The molecule has 1 N–H and O–H groups in total. The predicted octanol–water partition coefficient (Wildman–Crippen LogP) is 1.79. The molecule has 1 unspecified atom stereocenters. The van der Waals surface area contributed by atoms with E-state index in [0.29, 0.717) is 9.87 Å². The highest BCUT2D eigenvalue weighted by Gasteiger charge is 2.51. The summed E-state index contributed by atoms with van der Waals surface area (Å²) in [5, 5.41) is 10.3. The Bertz CT molecular complexity index is 626. The van der Waals surface area contributed by atoms with Crippen molar-refractivity contribution >= 4 is 27.3 Å². The van der Waals surface area contributed by atoms with E-state index in [1.807, 2.05) is 0 Å². The van der Waals surface area contributed by atoms with Crippen LogP contribution in [0.25, 0.3) is 0 Å². The van der Waals surface area contributed by atoms with Gasteiger partial charge in [0.25, 0.3) is 15.9 Å². The average molecular weight is 325 g/mol. The topological polar surface area (TPSA) is 74.7 Å². The van der Waals surface area contributed by atoms with Crippen molar-refractivity contribution in [1.29, 1.82) is 0 Å². The van der Waals surface area contributed by atoms with Gasteiger partial charge in [-0.1, -0.05) is 0 Å². The highest BCUT2D eigenvalue weighted by atomic mass is 32.2. The summed E-state index contributed by atoms with van der Waals surface area (Å²) >= 11 is 0.967. The highest BCUT2D eigenvalue weighted by molar-refractivity contribution is 7.91. The molecular formula is C11H13F2NO4S2. The zero-order valence-electron chi connectivity index (χ0n) is 10.5. The van der Waals surface area contributed by atoms with E-state index in [1.165, 1.54) is 0 Å². The number of halogens is 2. The minimum Gasteiger partial charge on any atom is -0.481 e. The number of carboxylic acids is 1. The molecule has 5 nitrogen and oxygen atoms in total. The van der Waals surface area contributed by atoms with Crippen LogP contribution in [0, 0.1) is 12.8 Å². The van der Waals surface area contributed by atoms with E-state index in [0.717, 1.165) is 11.3 Å². The summed E-state index contributed by atoms with van der Waals surface area (Å²) in [6.45, 7) is 0.279. The molecule has 112 valence electrons. The number of nitrogens with zero attached hydrogens (tertiary/aromatic N) is 1. The number of aryl methyl sites for hydroxylation is 1. The Balaban J connectivity index is 2.29. The number of carboxylic acid groups (broad SMARTS) is 1. The molecule has 1 aromatic heterocycles. The number of alkyl halides is 2. The van der Waals surface area contributed by atoms with Gasteiger partial charge in [0.05, 0.1) is 6.54 Å². The maximum Gasteiger partial charge on any atom is 0.312 e. The van der Waals surface area contributed by atoms with Crippen LogP contribution in [0.15, 0.2) is 15.7 Å². The number of aliphatic carboxylic acids is 1. The van der Waals surface area contributed by atoms with Gasteiger partial charge in [-0.2, -0.15) is 4.31 Å². The van der Waals surface area contributed by atoms with Crippen LogP contribution in [0.1, 0.15) is 12.0 Å². The number of rotatable bonds is 3. The number of hydrogen-bond acceptors (Lipinski definition) is 4. The first-order valence-electron chi connectivity index (χ1n) is 5.81. The van der Waals surface area contributed by atoms with Crippen LogP contribution in [-0.4, -0.2) is 42.8 Å². The van der Waals surface area contributed by atoms with Crippen molar-refractivity contribution in [2.45, 2.75) is 23.5 Å². The molecule has 0 aromatic carbocycles. The summed E-state index contributed by atoms with van der Waals surface area (Å²) in [5.41, 5.74) is 0.499. The zero-order valence-corrected chi connectivity index (χ0v) is 12.2. The van der Waals surface area contributed by atoms with Gasteiger partial charge >= 0.3 is 5.97 Å². The molecule has 2 rings (SSSR count). The van der Waals surface area contributed by atoms with Crippen molar-refractivity contribution in [3.8, 4) is 0 Å². The van der Waals surface area contributed by atoms with Crippen LogP contribution in [-0.2, 0) is 14.8 Å². The summed E-state index contributed by atoms with van der Waals surface area (Å²) in [6.07, 6.45) is -0.397. The second-order valence-electron chi connectivity index (χ2n) is 4.67. The number of sulfonamides is 1. The number of thiophene rings is 1. The Labute approximate surface area is 118 Å². The number of piperidine rings is 1. The van der Waals surface area contributed by atoms with Crippen molar-refractivity contribution in [3.63, 3.8) is 0 Å². The average Bonchev–Trinajstić information content (AvgIpc) is 2.74. The van der Waals surface area contributed by atoms with Crippen LogP contribution in [0.2, 0.25) is 0 Å². The quantitative estimate of drug-likeness (QED) is 0.919.